The summed E-state index contributed by atoms with van der Waals surface area (Å²) >= 11 is 0.880. The van der Waals surface area contributed by atoms with Gasteiger partial charge in [-0.25, -0.2) is 0 Å². The first-order valence-corrected chi connectivity index (χ1v) is 8.85. The van der Waals surface area contributed by atoms with E-state index in [9.17, 15) is 14.7 Å². The fraction of sp³-hybridized carbons (Fsp3) is 0.167. The zero-order chi connectivity index (χ0) is 19.2. The molecule has 0 aliphatic heterocycles. The van der Waals surface area contributed by atoms with Crippen molar-refractivity contribution in [3.63, 3.8) is 0 Å². The molecule has 3 aromatic rings. The molecule has 0 saturated carbocycles. The van der Waals surface area contributed by atoms with Crippen LogP contribution in [0.4, 0.5) is 0 Å². The lowest BCUT2D eigenvalue weighted by Crippen LogP contribution is -2.50. The van der Waals surface area contributed by atoms with Gasteiger partial charge in [0.1, 0.15) is 5.69 Å². The second kappa shape index (κ2) is 8.47. The summed E-state index contributed by atoms with van der Waals surface area (Å²) in [5.41, 5.74) is 6.99. The first kappa shape index (κ1) is 18.6. The van der Waals surface area contributed by atoms with Gasteiger partial charge in [-0.3, -0.25) is 14.6 Å². The number of aliphatic hydroxyl groups excluding tert-OH is 1. The van der Waals surface area contributed by atoms with Crippen molar-refractivity contribution < 1.29 is 14.7 Å². The number of aromatic nitrogens is 3. The summed E-state index contributed by atoms with van der Waals surface area (Å²) < 4.78 is 8.17. The number of rotatable bonds is 7. The maximum atomic E-state index is 12.7. The van der Waals surface area contributed by atoms with E-state index >= 15 is 0 Å². The molecule has 0 aliphatic carbocycles. The van der Waals surface area contributed by atoms with Gasteiger partial charge in [0.15, 0.2) is 11.8 Å². The Balaban J connectivity index is 1.83. The molecular weight excluding hydrogens is 366 g/mol. The molecule has 138 valence electrons. The Kier molecular flexibility index (Phi) is 5.84. The number of carbonyl (C=O) groups excluding carboxylic acids is 2. The van der Waals surface area contributed by atoms with Gasteiger partial charge in [0.25, 0.3) is 5.91 Å². The Bertz CT molecular complexity index is 917. The minimum atomic E-state index is -1.54. The zero-order valence-electron chi connectivity index (χ0n) is 14.1. The SMILES string of the molecule is NC(=O)C(O)C(Cc1ccccc1)NC(=O)c1nsnc1-c1ccccn1. The fourth-order valence-electron chi connectivity index (χ4n) is 2.55. The van der Waals surface area contributed by atoms with Gasteiger partial charge < -0.3 is 16.2 Å². The van der Waals surface area contributed by atoms with E-state index in [0.29, 0.717) is 11.4 Å². The largest absolute Gasteiger partial charge is 0.381 e. The molecule has 8 nitrogen and oxygen atoms in total. The molecule has 3 rings (SSSR count). The first-order valence-electron chi connectivity index (χ1n) is 8.12. The number of pyridine rings is 1. The van der Waals surface area contributed by atoms with Crippen LogP contribution >= 0.6 is 11.7 Å². The molecule has 9 heteroatoms. The number of aliphatic hydroxyl groups is 1. The molecule has 4 N–H and O–H groups in total. The average molecular weight is 383 g/mol. The maximum absolute atomic E-state index is 12.7. The molecule has 0 bridgehead atoms. The minimum Gasteiger partial charge on any atom is -0.381 e. The monoisotopic (exact) mass is 383 g/mol. The highest BCUT2D eigenvalue weighted by molar-refractivity contribution is 6.99. The number of nitrogens with zero attached hydrogens (tertiary/aromatic N) is 3. The number of benzene rings is 1. The molecule has 2 amide bonds. The molecule has 1 aromatic carbocycles. The van der Waals surface area contributed by atoms with Crippen LogP contribution in [-0.2, 0) is 11.2 Å². The topological polar surface area (TPSA) is 131 Å². The van der Waals surface area contributed by atoms with E-state index in [1.54, 1.807) is 24.4 Å². The summed E-state index contributed by atoms with van der Waals surface area (Å²) in [4.78, 5) is 28.4. The normalized spacial score (nSPS) is 12.9. The highest BCUT2D eigenvalue weighted by atomic mass is 32.1. The van der Waals surface area contributed by atoms with Gasteiger partial charge in [0, 0.05) is 6.20 Å². The number of nitrogens with two attached hydrogens (primary N) is 1. The van der Waals surface area contributed by atoms with E-state index in [1.165, 1.54) is 0 Å². The predicted molar refractivity (Wildman–Crippen MR) is 99.7 cm³/mol. The molecule has 2 aromatic heterocycles. The number of hydrogen-bond acceptors (Lipinski definition) is 7. The quantitative estimate of drug-likeness (QED) is 0.553. The molecule has 0 saturated heterocycles. The third-order valence-electron chi connectivity index (χ3n) is 3.90. The van der Waals surface area contributed by atoms with Crippen LogP contribution in [0.15, 0.2) is 54.7 Å². The zero-order valence-corrected chi connectivity index (χ0v) is 15.0. The molecule has 2 heterocycles. The third kappa shape index (κ3) is 4.52. The van der Waals surface area contributed by atoms with Gasteiger partial charge in [0.05, 0.1) is 23.5 Å². The Labute approximate surface area is 159 Å². The van der Waals surface area contributed by atoms with Gasteiger partial charge in [-0.2, -0.15) is 8.75 Å². The van der Waals surface area contributed by atoms with E-state index in [4.69, 9.17) is 5.73 Å². The van der Waals surface area contributed by atoms with Crippen LogP contribution in [-0.4, -0.2) is 42.8 Å². The first-order chi connectivity index (χ1) is 13.1. The van der Waals surface area contributed by atoms with Crippen molar-refractivity contribution >= 4 is 23.5 Å². The summed E-state index contributed by atoms with van der Waals surface area (Å²) in [6, 6.07) is 13.5. The number of amides is 2. The van der Waals surface area contributed by atoms with Crippen LogP contribution in [0.25, 0.3) is 11.4 Å². The maximum Gasteiger partial charge on any atom is 0.273 e. The number of carbonyl (C=O) groups is 2. The highest BCUT2D eigenvalue weighted by Gasteiger charge is 2.28. The molecule has 2 unspecified atom stereocenters. The minimum absolute atomic E-state index is 0.0773. The summed E-state index contributed by atoms with van der Waals surface area (Å²) in [6.07, 6.45) is 0.275. The van der Waals surface area contributed by atoms with Gasteiger partial charge in [-0.15, -0.1) is 0 Å². The highest BCUT2D eigenvalue weighted by Crippen LogP contribution is 2.19. The van der Waals surface area contributed by atoms with E-state index < -0.39 is 24.0 Å². The van der Waals surface area contributed by atoms with Crippen molar-refractivity contribution in [2.24, 2.45) is 5.73 Å². The van der Waals surface area contributed by atoms with Crippen molar-refractivity contribution in [3.05, 3.63) is 66.0 Å². The Morgan fingerprint density at radius 2 is 1.85 bits per heavy atom. The third-order valence-corrected chi connectivity index (χ3v) is 4.43. The molecular formula is C18H17N5O3S. The lowest BCUT2D eigenvalue weighted by molar-refractivity contribution is -0.127. The Hall–Kier alpha value is -3.17. The van der Waals surface area contributed by atoms with Crippen LogP contribution in [0.2, 0.25) is 0 Å². The number of nitrogens with one attached hydrogen (secondary N) is 1. The standard InChI is InChI=1S/C18H17N5O3S/c19-17(25)16(24)13(10-11-6-2-1-3-7-11)21-18(26)15-14(22-27-23-15)12-8-4-5-9-20-12/h1-9,13,16,24H,10H2,(H2,19,25)(H,21,26). The Morgan fingerprint density at radius 1 is 1.11 bits per heavy atom. The van der Waals surface area contributed by atoms with Crippen molar-refractivity contribution in [2.45, 2.75) is 18.6 Å². The molecule has 27 heavy (non-hydrogen) atoms. The van der Waals surface area contributed by atoms with Gasteiger partial charge in [-0.1, -0.05) is 36.4 Å². The van der Waals surface area contributed by atoms with Crippen LogP contribution in [0.1, 0.15) is 16.1 Å². The second-order valence-electron chi connectivity index (χ2n) is 5.79. The molecule has 0 spiro atoms. The van der Waals surface area contributed by atoms with Crippen molar-refractivity contribution in [1.82, 2.24) is 19.0 Å². The Morgan fingerprint density at radius 3 is 2.52 bits per heavy atom. The van der Waals surface area contributed by atoms with Crippen LogP contribution in [0.3, 0.4) is 0 Å². The van der Waals surface area contributed by atoms with Gasteiger partial charge in [0.2, 0.25) is 5.91 Å². The molecule has 2 atom stereocenters. The van der Waals surface area contributed by atoms with Crippen LogP contribution < -0.4 is 11.1 Å². The van der Waals surface area contributed by atoms with E-state index in [-0.39, 0.29) is 12.1 Å². The van der Waals surface area contributed by atoms with Crippen LogP contribution in [0.5, 0.6) is 0 Å². The predicted octanol–water partition coefficient (Wildman–Crippen LogP) is 0.787. The summed E-state index contributed by atoms with van der Waals surface area (Å²) in [5, 5.41) is 12.8. The summed E-state index contributed by atoms with van der Waals surface area (Å²) in [6.45, 7) is 0. The molecule has 0 radical (unpaired) electrons. The number of primary amides is 1. The summed E-state index contributed by atoms with van der Waals surface area (Å²) in [5.74, 6) is -1.48. The van der Waals surface area contributed by atoms with Gasteiger partial charge in [-0.05, 0) is 24.1 Å². The van der Waals surface area contributed by atoms with E-state index in [1.807, 2.05) is 30.3 Å². The van der Waals surface area contributed by atoms with Crippen molar-refractivity contribution in [3.8, 4) is 11.4 Å². The lowest BCUT2D eigenvalue weighted by Gasteiger charge is -2.22. The number of hydrogen-bond donors (Lipinski definition) is 3. The average Bonchev–Trinajstić information content (AvgIpc) is 3.18. The smallest absolute Gasteiger partial charge is 0.273 e. The second-order valence-corrected chi connectivity index (χ2v) is 6.32. The molecule has 0 aliphatic rings. The van der Waals surface area contributed by atoms with Gasteiger partial charge >= 0.3 is 0 Å². The molecule has 0 fully saturated rings. The van der Waals surface area contributed by atoms with Crippen molar-refractivity contribution in [2.75, 3.05) is 0 Å². The summed E-state index contributed by atoms with van der Waals surface area (Å²) in [7, 11) is 0. The fourth-order valence-corrected chi connectivity index (χ4v) is 3.11. The van der Waals surface area contributed by atoms with E-state index in [2.05, 4.69) is 19.0 Å². The lowest BCUT2D eigenvalue weighted by atomic mass is 10.0. The van der Waals surface area contributed by atoms with E-state index in [0.717, 1.165) is 17.3 Å². The van der Waals surface area contributed by atoms with Crippen molar-refractivity contribution in [1.29, 1.82) is 0 Å². The van der Waals surface area contributed by atoms with Crippen LogP contribution in [0, 0.1) is 0 Å².